The molecule has 0 bridgehead atoms. The molecule has 0 atom stereocenters. The summed E-state index contributed by atoms with van der Waals surface area (Å²) in [5, 5.41) is 7.34. The van der Waals surface area contributed by atoms with Crippen molar-refractivity contribution in [1.82, 2.24) is 9.78 Å². The number of aromatic nitrogens is 2. The van der Waals surface area contributed by atoms with Crippen LogP contribution in [0.1, 0.15) is 15.9 Å². The van der Waals surface area contributed by atoms with Crippen LogP contribution in [0.5, 0.6) is 0 Å². The first-order valence-corrected chi connectivity index (χ1v) is 8.52. The number of hydrogen-bond donors (Lipinski definition) is 1. The van der Waals surface area contributed by atoms with E-state index in [1.807, 2.05) is 12.1 Å². The molecule has 0 aliphatic heterocycles. The van der Waals surface area contributed by atoms with Gasteiger partial charge in [-0.15, -0.1) is 0 Å². The maximum Gasteiger partial charge on any atom is 0.257 e. The van der Waals surface area contributed by atoms with Crippen LogP contribution in [0.3, 0.4) is 0 Å². The number of benzene rings is 2. The first-order valence-electron chi connectivity index (χ1n) is 7.06. The summed E-state index contributed by atoms with van der Waals surface area (Å²) in [4.78, 5) is 12.3. The number of rotatable bonds is 4. The van der Waals surface area contributed by atoms with Gasteiger partial charge in [0, 0.05) is 9.77 Å². The molecule has 0 unspecified atom stereocenters. The summed E-state index contributed by atoms with van der Waals surface area (Å²) < 4.78 is 15.4. The molecule has 0 aliphatic rings. The second kappa shape index (κ2) is 7.31. The van der Waals surface area contributed by atoms with Gasteiger partial charge in [-0.1, -0.05) is 35.9 Å². The van der Waals surface area contributed by atoms with E-state index in [0.29, 0.717) is 22.9 Å². The molecule has 1 heterocycles. The standard InChI is InChI=1S/C17H12ClFIN3O/c18-14-10-23(9-11-5-7-12(19)8-6-11)22-16(14)21-17(24)13-3-1-2-4-15(13)20/h1-8,10H,9H2,(H,21,22,24). The van der Waals surface area contributed by atoms with E-state index < -0.39 is 0 Å². The van der Waals surface area contributed by atoms with Crippen LogP contribution >= 0.6 is 34.2 Å². The van der Waals surface area contributed by atoms with E-state index in [1.54, 1.807) is 35.1 Å². The fourth-order valence-electron chi connectivity index (χ4n) is 2.16. The van der Waals surface area contributed by atoms with Gasteiger partial charge in [0.2, 0.25) is 0 Å². The highest BCUT2D eigenvalue weighted by Crippen LogP contribution is 2.22. The highest BCUT2D eigenvalue weighted by molar-refractivity contribution is 14.1. The fourth-order valence-corrected chi connectivity index (χ4v) is 2.99. The van der Waals surface area contributed by atoms with Crippen molar-refractivity contribution >= 4 is 45.9 Å². The van der Waals surface area contributed by atoms with Gasteiger partial charge in [-0.25, -0.2) is 4.39 Å². The predicted octanol–water partition coefficient (Wildman–Crippen LogP) is 4.58. The van der Waals surface area contributed by atoms with Crippen LogP contribution in [0.4, 0.5) is 10.2 Å². The molecule has 1 N–H and O–H groups in total. The molecule has 0 spiro atoms. The van der Waals surface area contributed by atoms with Crippen LogP contribution in [-0.4, -0.2) is 15.7 Å². The van der Waals surface area contributed by atoms with Crippen molar-refractivity contribution in [3.8, 4) is 0 Å². The SMILES string of the molecule is O=C(Nc1nn(Cc2ccc(F)cc2)cc1Cl)c1ccccc1I. The van der Waals surface area contributed by atoms with Crippen molar-refractivity contribution in [3.63, 3.8) is 0 Å². The topological polar surface area (TPSA) is 46.9 Å². The second-order valence-corrected chi connectivity index (χ2v) is 6.65. The highest BCUT2D eigenvalue weighted by atomic mass is 127. The molecular formula is C17H12ClFIN3O. The zero-order valence-corrected chi connectivity index (χ0v) is 15.3. The average molecular weight is 456 g/mol. The van der Waals surface area contributed by atoms with Gasteiger partial charge in [0.1, 0.15) is 10.8 Å². The second-order valence-electron chi connectivity index (χ2n) is 5.08. The summed E-state index contributed by atoms with van der Waals surface area (Å²) in [7, 11) is 0. The zero-order chi connectivity index (χ0) is 17.1. The molecule has 7 heteroatoms. The first kappa shape index (κ1) is 16.9. The summed E-state index contributed by atoms with van der Waals surface area (Å²) in [5.74, 6) is -0.264. The number of halogens is 3. The molecule has 0 aliphatic carbocycles. The van der Waals surface area contributed by atoms with Crippen molar-refractivity contribution in [2.45, 2.75) is 6.54 Å². The molecule has 3 aromatic rings. The number of nitrogens with one attached hydrogen (secondary N) is 1. The van der Waals surface area contributed by atoms with Gasteiger partial charge in [0.15, 0.2) is 5.82 Å². The van der Waals surface area contributed by atoms with Crippen molar-refractivity contribution in [3.05, 3.63) is 80.3 Å². The van der Waals surface area contributed by atoms with Crippen LogP contribution in [-0.2, 0) is 6.54 Å². The molecule has 4 nitrogen and oxygen atoms in total. The monoisotopic (exact) mass is 455 g/mol. The lowest BCUT2D eigenvalue weighted by Crippen LogP contribution is -2.14. The quantitative estimate of drug-likeness (QED) is 0.586. The maximum atomic E-state index is 12.9. The van der Waals surface area contributed by atoms with E-state index in [4.69, 9.17) is 11.6 Å². The Kier molecular flexibility index (Phi) is 5.15. The maximum absolute atomic E-state index is 12.9. The van der Waals surface area contributed by atoms with Crippen LogP contribution in [0.2, 0.25) is 5.02 Å². The van der Waals surface area contributed by atoms with Crippen LogP contribution in [0.25, 0.3) is 0 Å². The molecule has 1 amide bonds. The van der Waals surface area contributed by atoms with Gasteiger partial charge >= 0.3 is 0 Å². The summed E-state index contributed by atoms with van der Waals surface area (Å²) in [6.45, 7) is 0.429. The Hall–Kier alpha value is -1.93. The Labute approximate surface area is 156 Å². The number of amides is 1. The molecule has 0 saturated heterocycles. The van der Waals surface area contributed by atoms with E-state index in [1.165, 1.54) is 12.1 Å². The minimum Gasteiger partial charge on any atom is -0.304 e. The van der Waals surface area contributed by atoms with Gasteiger partial charge in [0.25, 0.3) is 5.91 Å². The smallest absolute Gasteiger partial charge is 0.257 e. The van der Waals surface area contributed by atoms with Crippen molar-refractivity contribution in [1.29, 1.82) is 0 Å². The Morgan fingerprint density at radius 2 is 1.92 bits per heavy atom. The van der Waals surface area contributed by atoms with E-state index in [-0.39, 0.29) is 11.7 Å². The van der Waals surface area contributed by atoms with Crippen LogP contribution in [0, 0.1) is 9.39 Å². The number of carbonyl (C=O) groups excluding carboxylic acids is 1. The minimum atomic E-state index is -0.289. The van der Waals surface area contributed by atoms with Gasteiger partial charge in [-0.3, -0.25) is 9.48 Å². The molecule has 3 rings (SSSR count). The van der Waals surface area contributed by atoms with Crippen LogP contribution in [0.15, 0.2) is 54.7 Å². The van der Waals surface area contributed by atoms with Crippen molar-refractivity contribution < 1.29 is 9.18 Å². The molecule has 0 radical (unpaired) electrons. The molecule has 0 fully saturated rings. The lowest BCUT2D eigenvalue weighted by Gasteiger charge is -2.05. The van der Waals surface area contributed by atoms with E-state index in [2.05, 4.69) is 33.0 Å². The Morgan fingerprint density at radius 3 is 2.62 bits per heavy atom. The predicted molar refractivity (Wildman–Crippen MR) is 99.9 cm³/mol. The number of nitrogens with zero attached hydrogens (tertiary/aromatic N) is 2. The molecular weight excluding hydrogens is 444 g/mol. The third-order valence-corrected chi connectivity index (χ3v) is 4.54. The first-order chi connectivity index (χ1) is 11.5. The number of hydrogen-bond acceptors (Lipinski definition) is 2. The van der Waals surface area contributed by atoms with Crippen LogP contribution < -0.4 is 5.32 Å². The number of anilines is 1. The normalized spacial score (nSPS) is 10.6. The summed E-state index contributed by atoms with van der Waals surface area (Å²) >= 11 is 8.25. The fraction of sp³-hybridized carbons (Fsp3) is 0.0588. The van der Waals surface area contributed by atoms with E-state index in [0.717, 1.165) is 9.13 Å². The van der Waals surface area contributed by atoms with Crippen molar-refractivity contribution in [2.24, 2.45) is 0 Å². The molecule has 122 valence electrons. The molecule has 2 aromatic carbocycles. The van der Waals surface area contributed by atoms with Gasteiger partial charge in [-0.2, -0.15) is 5.10 Å². The average Bonchev–Trinajstić information content (AvgIpc) is 2.89. The lowest BCUT2D eigenvalue weighted by atomic mass is 10.2. The Morgan fingerprint density at radius 1 is 1.21 bits per heavy atom. The van der Waals surface area contributed by atoms with E-state index >= 15 is 0 Å². The summed E-state index contributed by atoms with van der Waals surface area (Å²) in [5.41, 5.74) is 1.44. The van der Waals surface area contributed by atoms with Gasteiger partial charge in [-0.05, 0) is 52.4 Å². The minimum absolute atomic E-state index is 0.270. The third-order valence-electron chi connectivity index (χ3n) is 3.33. The zero-order valence-electron chi connectivity index (χ0n) is 12.3. The molecule has 24 heavy (non-hydrogen) atoms. The van der Waals surface area contributed by atoms with Gasteiger partial charge < -0.3 is 5.32 Å². The largest absolute Gasteiger partial charge is 0.304 e. The highest BCUT2D eigenvalue weighted by Gasteiger charge is 2.14. The van der Waals surface area contributed by atoms with E-state index in [9.17, 15) is 9.18 Å². The number of carbonyl (C=O) groups is 1. The Bertz CT molecular complexity index is 880. The van der Waals surface area contributed by atoms with Crippen molar-refractivity contribution in [2.75, 3.05) is 5.32 Å². The summed E-state index contributed by atoms with van der Waals surface area (Å²) in [6, 6.07) is 13.4. The molecule has 1 aromatic heterocycles. The Balaban J connectivity index is 1.75. The van der Waals surface area contributed by atoms with Gasteiger partial charge in [0.05, 0.1) is 12.1 Å². The summed E-state index contributed by atoms with van der Waals surface area (Å²) in [6.07, 6.45) is 1.62. The molecule has 0 saturated carbocycles. The third kappa shape index (κ3) is 3.93. The lowest BCUT2D eigenvalue weighted by molar-refractivity contribution is 0.102.